The molecule has 4 atom stereocenters. The fourth-order valence-electron chi connectivity index (χ4n) is 0.643. The number of carbonyl (C=O) groups is 1. The number of aliphatic hydroxyl groups is 4. The minimum Gasteiger partial charge on any atom is -0.394 e. The molecule has 0 heterocycles. The maximum atomic E-state index is 12.7. The van der Waals surface area contributed by atoms with Crippen molar-refractivity contribution in [2.24, 2.45) is 0 Å². The molecule has 0 aliphatic heterocycles. The van der Waals surface area contributed by atoms with E-state index in [4.69, 9.17) is 20.4 Å². The normalized spacial score (nSPS) is 20.5. The van der Waals surface area contributed by atoms with Crippen molar-refractivity contribution in [2.75, 3.05) is 6.61 Å². The van der Waals surface area contributed by atoms with Crippen LogP contribution in [0.2, 0.25) is 0 Å². The van der Waals surface area contributed by atoms with Gasteiger partial charge < -0.3 is 20.4 Å². The van der Waals surface area contributed by atoms with Gasteiger partial charge in [-0.15, -0.1) is 0 Å². The van der Waals surface area contributed by atoms with Gasteiger partial charge in [0.2, 0.25) is 3.79 Å². The molecule has 0 unspecified atom stereocenters. The van der Waals surface area contributed by atoms with Crippen molar-refractivity contribution in [3.63, 3.8) is 0 Å². The second-order valence-corrected chi connectivity index (χ2v) is 3.50. The van der Waals surface area contributed by atoms with Crippen LogP contribution in [-0.2, 0) is 4.79 Å². The zero-order valence-electron chi connectivity index (χ0n) is 6.47. The Balaban J connectivity index is 4.24. The van der Waals surface area contributed by atoms with Crippen molar-refractivity contribution in [2.45, 2.75) is 24.5 Å². The third-order valence-corrected chi connectivity index (χ3v) is 2.04. The van der Waals surface area contributed by atoms with E-state index in [0.717, 1.165) is 22.6 Å². The summed E-state index contributed by atoms with van der Waals surface area (Å²) in [5.74, 6) is 0. The zero-order valence-corrected chi connectivity index (χ0v) is 8.63. The Hall–Kier alpha value is 0.170. The van der Waals surface area contributed by atoms with Gasteiger partial charge in [-0.1, -0.05) is 0 Å². The van der Waals surface area contributed by atoms with Crippen LogP contribution >= 0.6 is 22.6 Å². The van der Waals surface area contributed by atoms with Crippen molar-refractivity contribution in [3.8, 4) is 0 Å². The number of hydrogen-bond donors (Lipinski definition) is 4. The summed E-state index contributed by atoms with van der Waals surface area (Å²) in [4.78, 5) is 10.4. The third-order valence-electron chi connectivity index (χ3n) is 1.45. The molecule has 0 saturated carbocycles. The number of hydrogen-bond acceptors (Lipinski definition) is 5. The monoisotopic (exact) mass is 308 g/mol. The molecule has 13 heavy (non-hydrogen) atoms. The lowest BCUT2D eigenvalue weighted by molar-refractivity contribution is -0.128. The molecule has 0 fully saturated rings. The van der Waals surface area contributed by atoms with Gasteiger partial charge in [0.15, 0.2) is 6.17 Å². The van der Waals surface area contributed by atoms with Crippen molar-refractivity contribution in [3.05, 3.63) is 0 Å². The maximum Gasteiger partial charge on any atom is 0.229 e. The average Bonchev–Trinajstić information content (AvgIpc) is 2.12. The lowest BCUT2D eigenvalue weighted by Crippen LogP contribution is -2.46. The number of carbonyl (C=O) groups excluding carboxylic acids is 1. The largest absolute Gasteiger partial charge is 0.394 e. The minimum atomic E-state index is -2.27. The highest BCUT2D eigenvalue weighted by Crippen LogP contribution is 2.11. The maximum absolute atomic E-state index is 12.7. The molecule has 7 heteroatoms. The van der Waals surface area contributed by atoms with Crippen molar-refractivity contribution in [1.29, 1.82) is 0 Å². The molecule has 0 aromatic heterocycles. The van der Waals surface area contributed by atoms with Crippen LogP contribution in [0.1, 0.15) is 0 Å². The molecule has 78 valence electrons. The molecule has 0 rings (SSSR count). The van der Waals surface area contributed by atoms with Gasteiger partial charge in [-0.25, -0.2) is 4.39 Å². The standard InChI is InChI=1S/C6H10FIO5/c7-3(6(8)13)5(12)4(11)2(10)1-9/h2-5,9-12H,1H2/t2-,3-,4-,5-/m1/s1. The van der Waals surface area contributed by atoms with Crippen LogP contribution in [0.25, 0.3) is 0 Å². The molecule has 0 bridgehead atoms. The van der Waals surface area contributed by atoms with Crippen LogP contribution in [0.4, 0.5) is 4.39 Å². The van der Waals surface area contributed by atoms with E-state index in [-0.39, 0.29) is 0 Å². The van der Waals surface area contributed by atoms with E-state index in [0.29, 0.717) is 0 Å². The van der Waals surface area contributed by atoms with E-state index in [1.54, 1.807) is 0 Å². The Kier molecular flexibility index (Phi) is 5.88. The second-order valence-electron chi connectivity index (χ2n) is 2.44. The van der Waals surface area contributed by atoms with Crippen LogP contribution in [0.5, 0.6) is 0 Å². The highest BCUT2D eigenvalue weighted by molar-refractivity contribution is 14.1. The summed E-state index contributed by atoms with van der Waals surface area (Å²) in [6.07, 6.45) is -7.83. The highest BCUT2D eigenvalue weighted by Gasteiger charge is 2.34. The van der Waals surface area contributed by atoms with Gasteiger partial charge in [0.05, 0.1) is 6.61 Å². The smallest absolute Gasteiger partial charge is 0.229 e. The zero-order chi connectivity index (χ0) is 10.6. The lowest BCUT2D eigenvalue weighted by Gasteiger charge is -2.22. The van der Waals surface area contributed by atoms with Gasteiger partial charge in [-0.05, 0) is 0 Å². The van der Waals surface area contributed by atoms with Crippen molar-refractivity contribution < 1.29 is 29.6 Å². The van der Waals surface area contributed by atoms with Crippen molar-refractivity contribution >= 4 is 26.4 Å². The van der Waals surface area contributed by atoms with E-state index >= 15 is 0 Å². The molecule has 4 N–H and O–H groups in total. The summed E-state index contributed by atoms with van der Waals surface area (Å²) in [6.45, 7) is -0.819. The molecule has 5 nitrogen and oxygen atoms in total. The first-order chi connectivity index (χ1) is 5.91. The van der Waals surface area contributed by atoms with E-state index in [9.17, 15) is 9.18 Å². The molecule has 0 amide bonds. The second kappa shape index (κ2) is 5.81. The van der Waals surface area contributed by atoms with Gasteiger partial charge >= 0.3 is 0 Å². The summed E-state index contributed by atoms with van der Waals surface area (Å²) in [5, 5.41) is 35.0. The van der Waals surface area contributed by atoms with E-state index in [2.05, 4.69) is 0 Å². The van der Waals surface area contributed by atoms with Crippen LogP contribution in [0, 0.1) is 0 Å². The fourth-order valence-corrected chi connectivity index (χ4v) is 1.01. The molecular formula is C6H10FIO5. The molecule has 0 aliphatic carbocycles. The first-order valence-corrected chi connectivity index (χ1v) is 4.48. The van der Waals surface area contributed by atoms with E-state index in [1.807, 2.05) is 0 Å². The van der Waals surface area contributed by atoms with Gasteiger partial charge in [0, 0.05) is 22.6 Å². The summed E-state index contributed by atoms with van der Waals surface area (Å²) in [5.41, 5.74) is 0. The molecule has 0 radical (unpaired) electrons. The summed E-state index contributed by atoms with van der Waals surface area (Å²) >= 11 is 1.12. The number of alkyl halides is 1. The van der Waals surface area contributed by atoms with Crippen LogP contribution in [0.15, 0.2) is 0 Å². The first-order valence-electron chi connectivity index (χ1n) is 3.40. The van der Waals surface area contributed by atoms with E-state index in [1.165, 1.54) is 0 Å². The Morgan fingerprint density at radius 1 is 1.31 bits per heavy atom. The quantitative estimate of drug-likeness (QED) is 0.361. The van der Waals surface area contributed by atoms with Gasteiger partial charge in [-0.2, -0.15) is 0 Å². The summed E-state index contributed by atoms with van der Waals surface area (Å²) in [6, 6.07) is 0. The van der Waals surface area contributed by atoms with Crippen LogP contribution in [0.3, 0.4) is 0 Å². The van der Waals surface area contributed by atoms with Crippen LogP contribution in [-0.4, -0.2) is 55.3 Å². The highest BCUT2D eigenvalue weighted by atomic mass is 127. The minimum absolute atomic E-state index is 0.819. The summed E-state index contributed by atoms with van der Waals surface area (Å²) in [7, 11) is 0. The average molecular weight is 308 g/mol. The lowest BCUT2D eigenvalue weighted by atomic mass is 10.1. The number of rotatable bonds is 5. The Labute approximate surface area is 87.3 Å². The molecule has 0 aliphatic rings. The molecule has 0 saturated heterocycles. The Morgan fingerprint density at radius 2 is 1.77 bits per heavy atom. The van der Waals surface area contributed by atoms with Crippen LogP contribution < -0.4 is 0 Å². The number of halogens is 2. The SMILES string of the molecule is O=C(I)[C@H](F)[C@@H](O)[C@H](O)[C@H](O)CO. The molecule has 0 aromatic rings. The van der Waals surface area contributed by atoms with E-state index < -0.39 is 34.9 Å². The van der Waals surface area contributed by atoms with Gasteiger partial charge in [0.25, 0.3) is 0 Å². The molecule has 0 aromatic carbocycles. The predicted molar refractivity (Wildman–Crippen MR) is 49.0 cm³/mol. The predicted octanol–water partition coefficient (Wildman–Crippen LogP) is -1.64. The molecule has 0 spiro atoms. The Morgan fingerprint density at radius 3 is 2.08 bits per heavy atom. The number of aliphatic hydroxyl groups excluding tert-OH is 4. The van der Waals surface area contributed by atoms with Gasteiger partial charge in [0.1, 0.15) is 18.3 Å². The fraction of sp³-hybridized carbons (Fsp3) is 0.833. The topological polar surface area (TPSA) is 98.0 Å². The van der Waals surface area contributed by atoms with Gasteiger partial charge in [-0.3, -0.25) is 4.79 Å². The third kappa shape index (κ3) is 3.81. The Bertz CT molecular complexity index is 178. The first kappa shape index (κ1) is 13.2. The summed E-state index contributed by atoms with van der Waals surface area (Å²) < 4.78 is 11.7. The molecular weight excluding hydrogens is 298 g/mol. The van der Waals surface area contributed by atoms with Crippen molar-refractivity contribution in [1.82, 2.24) is 0 Å².